The smallest absolute Gasteiger partial charge is 0.267 e. The van der Waals surface area contributed by atoms with Crippen molar-refractivity contribution in [2.75, 3.05) is 30.4 Å². The van der Waals surface area contributed by atoms with Gasteiger partial charge < -0.3 is 15.0 Å². The largest absolute Gasteiger partial charge is 0.378 e. The van der Waals surface area contributed by atoms with Crippen LogP contribution in [-0.4, -0.2) is 31.1 Å². The monoisotopic (exact) mass is 333 g/mol. The highest BCUT2D eigenvalue weighted by Gasteiger charge is 2.15. The fraction of sp³-hybridized carbons (Fsp3) is 0.412. The minimum atomic E-state index is -0.127. The first-order valence-corrected chi connectivity index (χ1v) is 8.52. The van der Waals surface area contributed by atoms with E-state index in [0.717, 1.165) is 35.2 Å². The first-order valence-electron chi connectivity index (χ1n) is 7.70. The van der Waals surface area contributed by atoms with E-state index < -0.39 is 0 Å². The third-order valence-electron chi connectivity index (χ3n) is 3.57. The lowest BCUT2D eigenvalue weighted by Crippen LogP contribution is -2.21. The van der Waals surface area contributed by atoms with Gasteiger partial charge in [0.25, 0.3) is 5.91 Å². The molecule has 0 fully saturated rings. The summed E-state index contributed by atoms with van der Waals surface area (Å²) in [5.41, 5.74) is 2.68. The normalized spacial score (nSPS) is 10.6. The number of methoxy groups -OCH3 is 1. The summed E-state index contributed by atoms with van der Waals surface area (Å²) in [6.45, 7) is 8.45. The average molecular weight is 333 g/mol. The van der Waals surface area contributed by atoms with Gasteiger partial charge in [0.2, 0.25) is 0 Å². The number of ether oxygens (including phenoxy) is 1. The predicted molar refractivity (Wildman–Crippen MR) is 95.5 cm³/mol. The Morgan fingerprint density at radius 3 is 2.48 bits per heavy atom. The predicted octanol–water partition coefficient (Wildman–Crippen LogP) is 3.70. The maximum atomic E-state index is 12.4. The van der Waals surface area contributed by atoms with Crippen LogP contribution >= 0.6 is 11.3 Å². The fourth-order valence-electron chi connectivity index (χ4n) is 2.38. The molecule has 0 aliphatic heterocycles. The van der Waals surface area contributed by atoms with Gasteiger partial charge in [0.1, 0.15) is 9.88 Å². The quantitative estimate of drug-likeness (QED) is 0.839. The van der Waals surface area contributed by atoms with Crippen LogP contribution in [-0.2, 0) is 11.3 Å². The number of aryl methyl sites for hydroxylation is 1. The highest BCUT2D eigenvalue weighted by molar-refractivity contribution is 7.13. The number of thiazole rings is 1. The molecule has 1 heterocycles. The third-order valence-corrected chi connectivity index (χ3v) is 4.70. The van der Waals surface area contributed by atoms with Gasteiger partial charge in [0, 0.05) is 31.6 Å². The van der Waals surface area contributed by atoms with Crippen molar-refractivity contribution in [1.29, 1.82) is 0 Å². The van der Waals surface area contributed by atoms with Gasteiger partial charge in [-0.25, -0.2) is 4.98 Å². The molecule has 0 saturated heterocycles. The molecule has 1 aromatic heterocycles. The first-order chi connectivity index (χ1) is 11.1. The lowest BCUT2D eigenvalue weighted by molar-refractivity contribution is 0.103. The Balaban J connectivity index is 2.08. The summed E-state index contributed by atoms with van der Waals surface area (Å²) < 4.78 is 5.06. The zero-order valence-electron chi connectivity index (χ0n) is 14.0. The molecule has 0 aliphatic carbocycles. The summed E-state index contributed by atoms with van der Waals surface area (Å²) in [5.74, 6) is -0.127. The Labute approximate surface area is 141 Å². The molecule has 0 aliphatic rings. The van der Waals surface area contributed by atoms with E-state index in [4.69, 9.17) is 4.74 Å². The molecule has 0 bridgehead atoms. The standard InChI is InChI=1S/C17H23N3O2S/c1-5-20(6-2)14-9-7-13(8-10-14)19-17(21)16-12(3)18-15(23-16)11-22-4/h7-10H,5-6,11H2,1-4H3,(H,19,21). The first kappa shape index (κ1) is 17.4. The van der Waals surface area contributed by atoms with Crippen LogP contribution in [0.25, 0.3) is 0 Å². The second-order valence-corrected chi connectivity index (χ2v) is 6.21. The molecule has 0 saturated carbocycles. The Kier molecular flexibility index (Phi) is 6.12. The molecule has 2 rings (SSSR count). The molecule has 6 heteroatoms. The molecule has 124 valence electrons. The van der Waals surface area contributed by atoms with Gasteiger partial charge in [0.15, 0.2) is 0 Å². The van der Waals surface area contributed by atoms with E-state index in [2.05, 4.69) is 29.0 Å². The molecule has 23 heavy (non-hydrogen) atoms. The Bertz CT molecular complexity index is 648. The van der Waals surface area contributed by atoms with Crippen LogP contribution in [0.4, 0.5) is 11.4 Å². The van der Waals surface area contributed by atoms with Crippen molar-refractivity contribution in [3.8, 4) is 0 Å². The van der Waals surface area contributed by atoms with Crippen LogP contribution < -0.4 is 10.2 Å². The lowest BCUT2D eigenvalue weighted by atomic mass is 10.2. The number of rotatable bonds is 7. The molecule has 2 aromatic rings. The van der Waals surface area contributed by atoms with E-state index in [0.29, 0.717) is 11.5 Å². The number of carbonyl (C=O) groups is 1. The molecule has 1 N–H and O–H groups in total. The van der Waals surface area contributed by atoms with Crippen LogP contribution in [0, 0.1) is 6.92 Å². The maximum absolute atomic E-state index is 12.4. The molecule has 0 unspecified atom stereocenters. The van der Waals surface area contributed by atoms with E-state index in [1.807, 2.05) is 31.2 Å². The second kappa shape index (κ2) is 8.08. The highest BCUT2D eigenvalue weighted by atomic mass is 32.1. The Morgan fingerprint density at radius 2 is 1.91 bits per heavy atom. The molecular formula is C17H23N3O2S. The zero-order valence-corrected chi connectivity index (χ0v) is 14.9. The van der Waals surface area contributed by atoms with Crippen LogP contribution in [0.1, 0.15) is 34.2 Å². The number of aromatic nitrogens is 1. The van der Waals surface area contributed by atoms with Crippen LogP contribution in [0.2, 0.25) is 0 Å². The van der Waals surface area contributed by atoms with E-state index in [1.54, 1.807) is 7.11 Å². The van der Waals surface area contributed by atoms with Gasteiger partial charge in [0.05, 0.1) is 12.3 Å². The summed E-state index contributed by atoms with van der Waals surface area (Å²) in [6.07, 6.45) is 0. The van der Waals surface area contributed by atoms with Crippen molar-refractivity contribution in [2.24, 2.45) is 0 Å². The maximum Gasteiger partial charge on any atom is 0.267 e. The van der Waals surface area contributed by atoms with Gasteiger partial charge in [-0.15, -0.1) is 11.3 Å². The van der Waals surface area contributed by atoms with Crippen LogP contribution in [0.3, 0.4) is 0 Å². The molecule has 5 nitrogen and oxygen atoms in total. The second-order valence-electron chi connectivity index (χ2n) is 5.13. The van der Waals surface area contributed by atoms with Gasteiger partial charge in [-0.1, -0.05) is 0 Å². The molecule has 0 atom stereocenters. The summed E-state index contributed by atoms with van der Waals surface area (Å²) in [6, 6.07) is 7.91. The fourth-order valence-corrected chi connectivity index (χ4v) is 3.31. The SMILES string of the molecule is CCN(CC)c1ccc(NC(=O)c2sc(COC)nc2C)cc1. The van der Waals surface area contributed by atoms with Crippen molar-refractivity contribution in [1.82, 2.24) is 4.98 Å². The number of nitrogens with zero attached hydrogens (tertiary/aromatic N) is 2. The number of anilines is 2. The minimum absolute atomic E-state index is 0.127. The van der Waals surface area contributed by atoms with Gasteiger partial charge in [-0.2, -0.15) is 0 Å². The number of benzene rings is 1. The molecule has 1 aromatic carbocycles. The van der Waals surface area contributed by atoms with Gasteiger partial charge in [-0.3, -0.25) is 4.79 Å². The zero-order chi connectivity index (χ0) is 16.8. The minimum Gasteiger partial charge on any atom is -0.378 e. The summed E-state index contributed by atoms with van der Waals surface area (Å²) in [5, 5.41) is 3.74. The van der Waals surface area contributed by atoms with Crippen molar-refractivity contribution >= 4 is 28.6 Å². The Morgan fingerprint density at radius 1 is 1.26 bits per heavy atom. The summed E-state index contributed by atoms with van der Waals surface area (Å²) >= 11 is 1.37. The molecule has 0 spiro atoms. The summed E-state index contributed by atoms with van der Waals surface area (Å²) in [7, 11) is 1.62. The van der Waals surface area contributed by atoms with Crippen molar-refractivity contribution < 1.29 is 9.53 Å². The highest BCUT2D eigenvalue weighted by Crippen LogP contribution is 2.22. The number of nitrogens with one attached hydrogen (secondary N) is 1. The number of hydrogen-bond acceptors (Lipinski definition) is 5. The van der Waals surface area contributed by atoms with Gasteiger partial charge in [-0.05, 0) is 45.0 Å². The van der Waals surface area contributed by atoms with Gasteiger partial charge >= 0.3 is 0 Å². The van der Waals surface area contributed by atoms with Crippen LogP contribution in [0.5, 0.6) is 0 Å². The third kappa shape index (κ3) is 4.30. The summed E-state index contributed by atoms with van der Waals surface area (Å²) in [4.78, 5) is 19.6. The van der Waals surface area contributed by atoms with E-state index >= 15 is 0 Å². The van der Waals surface area contributed by atoms with E-state index in [1.165, 1.54) is 11.3 Å². The lowest BCUT2D eigenvalue weighted by Gasteiger charge is -2.21. The molecule has 0 radical (unpaired) electrons. The molecular weight excluding hydrogens is 310 g/mol. The van der Waals surface area contributed by atoms with Crippen LogP contribution in [0.15, 0.2) is 24.3 Å². The molecule has 1 amide bonds. The van der Waals surface area contributed by atoms with Crippen molar-refractivity contribution in [3.05, 3.63) is 39.8 Å². The van der Waals surface area contributed by atoms with Crippen molar-refractivity contribution in [2.45, 2.75) is 27.4 Å². The van der Waals surface area contributed by atoms with Crippen molar-refractivity contribution in [3.63, 3.8) is 0 Å². The topological polar surface area (TPSA) is 54.5 Å². The van der Waals surface area contributed by atoms with E-state index in [9.17, 15) is 4.79 Å². The average Bonchev–Trinajstić information content (AvgIpc) is 2.91. The van der Waals surface area contributed by atoms with E-state index in [-0.39, 0.29) is 5.91 Å². The number of amides is 1. The number of hydrogen-bond donors (Lipinski definition) is 1. The number of carbonyl (C=O) groups excluding carboxylic acids is 1. The Hall–Kier alpha value is -1.92.